The molecule has 4 rings (SSSR count). The van der Waals surface area contributed by atoms with Gasteiger partial charge in [-0.15, -0.1) is 0 Å². The first-order valence-electron chi connectivity index (χ1n) is 10.1. The van der Waals surface area contributed by atoms with Crippen molar-refractivity contribution in [3.63, 3.8) is 0 Å². The quantitative estimate of drug-likeness (QED) is 0.522. The Hall–Kier alpha value is -3.84. The summed E-state index contributed by atoms with van der Waals surface area (Å²) in [6, 6.07) is 17.4. The van der Waals surface area contributed by atoms with E-state index in [-0.39, 0.29) is 11.3 Å². The van der Waals surface area contributed by atoms with Crippen molar-refractivity contribution in [3.05, 3.63) is 88.8 Å². The highest BCUT2D eigenvalue weighted by atomic mass is 35.5. The van der Waals surface area contributed by atoms with Gasteiger partial charge in [0.1, 0.15) is 17.3 Å². The van der Waals surface area contributed by atoms with Crippen LogP contribution >= 0.6 is 11.6 Å². The molecular formula is C25H21ClFN3O3. The number of rotatable bonds is 6. The van der Waals surface area contributed by atoms with E-state index < -0.39 is 17.6 Å². The number of hydrogen-bond donors (Lipinski definition) is 1. The van der Waals surface area contributed by atoms with E-state index in [0.717, 1.165) is 10.6 Å². The van der Waals surface area contributed by atoms with Crippen LogP contribution in [0.2, 0.25) is 5.02 Å². The zero-order valence-corrected chi connectivity index (χ0v) is 19.0. The number of amides is 2. The topological polar surface area (TPSA) is 61.9 Å². The molecule has 1 aliphatic heterocycles. The van der Waals surface area contributed by atoms with Gasteiger partial charge in [0.05, 0.1) is 24.1 Å². The number of anilines is 3. The summed E-state index contributed by atoms with van der Waals surface area (Å²) < 4.78 is 18.9. The minimum Gasteiger partial charge on any atom is -0.495 e. The maximum atomic E-state index is 13.6. The summed E-state index contributed by atoms with van der Waals surface area (Å²) in [5.74, 6) is -1.07. The highest BCUT2D eigenvalue weighted by Gasteiger charge is 2.40. The van der Waals surface area contributed by atoms with Crippen LogP contribution in [-0.2, 0) is 9.59 Å². The molecule has 0 bridgehead atoms. The van der Waals surface area contributed by atoms with Gasteiger partial charge < -0.3 is 15.0 Å². The van der Waals surface area contributed by atoms with Gasteiger partial charge in [0.25, 0.3) is 11.8 Å². The minimum absolute atomic E-state index is 0.0439. The minimum atomic E-state index is -0.544. The molecule has 0 aromatic heterocycles. The number of nitrogens with one attached hydrogen (secondary N) is 1. The van der Waals surface area contributed by atoms with E-state index >= 15 is 0 Å². The number of benzene rings is 3. The lowest BCUT2D eigenvalue weighted by Crippen LogP contribution is -2.32. The van der Waals surface area contributed by atoms with Crippen LogP contribution in [0.3, 0.4) is 0 Å². The van der Waals surface area contributed by atoms with Crippen molar-refractivity contribution in [1.29, 1.82) is 0 Å². The summed E-state index contributed by atoms with van der Waals surface area (Å²) in [7, 11) is 5.23. The number of imide groups is 1. The number of ether oxygens (including phenoxy) is 1. The molecule has 0 spiro atoms. The van der Waals surface area contributed by atoms with Gasteiger partial charge in [0.15, 0.2) is 0 Å². The number of halogens is 2. The third kappa shape index (κ3) is 4.27. The molecule has 3 aromatic carbocycles. The van der Waals surface area contributed by atoms with E-state index in [0.29, 0.717) is 27.7 Å². The molecular weight excluding hydrogens is 445 g/mol. The highest BCUT2D eigenvalue weighted by molar-refractivity contribution is 6.46. The van der Waals surface area contributed by atoms with Gasteiger partial charge in [-0.2, -0.15) is 0 Å². The Bertz CT molecular complexity index is 1270. The predicted molar refractivity (Wildman–Crippen MR) is 128 cm³/mol. The van der Waals surface area contributed by atoms with Crippen molar-refractivity contribution < 1.29 is 18.7 Å². The molecule has 0 atom stereocenters. The first-order valence-corrected chi connectivity index (χ1v) is 10.4. The lowest BCUT2D eigenvalue weighted by Gasteiger charge is -2.19. The number of hydrogen-bond acceptors (Lipinski definition) is 5. The molecule has 6 nitrogen and oxygen atoms in total. The van der Waals surface area contributed by atoms with Gasteiger partial charge in [-0.3, -0.25) is 9.59 Å². The third-order valence-corrected chi connectivity index (χ3v) is 5.48. The fourth-order valence-electron chi connectivity index (χ4n) is 3.59. The average molecular weight is 466 g/mol. The zero-order chi connectivity index (χ0) is 23.7. The normalized spacial score (nSPS) is 13.5. The van der Waals surface area contributed by atoms with E-state index in [1.54, 1.807) is 36.4 Å². The molecule has 0 saturated heterocycles. The summed E-state index contributed by atoms with van der Waals surface area (Å²) in [5.41, 5.74) is 2.24. The van der Waals surface area contributed by atoms with Crippen LogP contribution < -0.4 is 19.9 Å². The fourth-order valence-corrected chi connectivity index (χ4v) is 3.76. The standard InChI is InChI=1S/C25H21ClFN3O3/c1-29(2)18-5-4-6-19(14-18)30-24(31)22(15-7-10-17(27)11-8-15)23(25(30)32)28-20-13-16(26)9-12-21(20)33-3/h4-14,28H,1-3H3. The second-order valence-corrected chi connectivity index (χ2v) is 8.02. The summed E-state index contributed by atoms with van der Waals surface area (Å²) in [6.07, 6.45) is 0. The largest absolute Gasteiger partial charge is 0.495 e. The Morgan fingerprint density at radius 2 is 1.70 bits per heavy atom. The van der Waals surface area contributed by atoms with Gasteiger partial charge in [-0.1, -0.05) is 29.8 Å². The van der Waals surface area contributed by atoms with Crippen LogP contribution in [0, 0.1) is 5.82 Å². The van der Waals surface area contributed by atoms with Crippen molar-refractivity contribution in [3.8, 4) is 5.75 Å². The molecule has 0 fully saturated rings. The Kier molecular flexibility index (Phi) is 6.07. The van der Waals surface area contributed by atoms with Crippen LogP contribution in [0.15, 0.2) is 72.4 Å². The van der Waals surface area contributed by atoms with Crippen LogP contribution in [0.5, 0.6) is 5.75 Å². The number of nitrogens with zero attached hydrogens (tertiary/aromatic N) is 2. The second kappa shape index (κ2) is 8.96. The lowest BCUT2D eigenvalue weighted by atomic mass is 10.0. The first kappa shape index (κ1) is 22.4. The molecule has 168 valence electrons. The van der Waals surface area contributed by atoms with Crippen molar-refractivity contribution in [2.75, 3.05) is 36.3 Å². The Morgan fingerprint density at radius 1 is 0.970 bits per heavy atom. The Labute approximate surface area is 195 Å². The summed E-state index contributed by atoms with van der Waals surface area (Å²) in [4.78, 5) is 30.1. The monoisotopic (exact) mass is 465 g/mol. The van der Waals surface area contributed by atoms with Crippen LogP contribution in [0.25, 0.3) is 5.57 Å². The van der Waals surface area contributed by atoms with Gasteiger partial charge >= 0.3 is 0 Å². The molecule has 3 aromatic rings. The van der Waals surface area contributed by atoms with E-state index in [1.165, 1.54) is 31.4 Å². The molecule has 0 saturated carbocycles. The van der Waals surface area contributed by atoms with Crippen molar-refractivity contribution in [2.45, 2.75) is 0 Å². The van der Waals surface area contributed by atoms with Crippen molar-refractivity contribution >= 4 is 46.1 Å². The van der Waals surface area contributed by atoms with Crippen LogP contribution in [0.4, 0.5) is 21.5 Å². The third-order valence-electron chi connectivity index (χ3n) is 5.24. The molecule has 33 heavy (non-hydrogen) atoms. The molecule has 1 aliphatic rings. The second-order valence-electron chi connectivity index (χ2n) is 7.59. The Morgan fingerprint density at radius 3 is 2.36 bits per heavy atom. The van der Waals surface area contributed by atoms with Crippen molar-refractivity contribution in [2.24, 2.45) is 0 Å². The van der Waals surface area contributed by atoms with E-state index in [1.807, 2.05) is 25.1 Å². The fraction of sp³-hybridized carbons (Fsp3) is 0.120. The summed E-state index contributed by atoms with van der Waals surface area (Å²) in [6.45, 7) is 0. The molecule has 8 heteroatoms. The van der Waals surface area contributed by atoms with E-state index in [4.69, 9.17) is 16.3 Å². The van der Waals surface area contributed by atoms with E-state index in [2.05, 4.69) is 5.32 Å². The highest BCUT2D eigenvalue weighted by Crippen LogP contribution is 2.37. The van der Waals surface area contributed by atoms with Crippen LogP contribution in [-0.4, -0.2) is 33.0 Å². The van der Waals surface area contributed by atoms with Crippen LogP contribution in [0.1, 0.15) is 5.56 Å². The average Bonchev–Trinajstić information content (AvgIpc) is 3.04. The Balaban J connectivity index is 1.85. The summed E-state index contributed by atoms with van der Waals surface area (Å²) >= 11 is 6.15. The van der Waals surface area contributed by atoms with E-state index in [9.17, 15) is 14.0 Å². The molecule has 1 heterocycles. The SMILES string of the molecule is COc1ccc(Cl)cc1NC1=C(c2ccc(F)cc2)C(=O)N(c2cccc(N(C)C)c2)C1=O. The number of carbonyl (C=O) groups excluding carboxylic acids is 2. The van der Waals surface area contributed by atoms with Gasteiger partial charge in [-0.05, 0) is 54.1 Å². The van der Waals surface area contributed by atoms with Gasteiger partial charge in [0, 0.05) is 24.8 Å². The zero-order valence-electron chi connectivity index (χ0n) is 18.2. The maximum Gasteiger partial charge on any atom is 0.282 e. The predicted octanol–water partition coefficient (Wildman–Crippen LogP) is 4.95. The van der Waals surface area contributed by atoms with Crippen molar-refractivity contribution in [1.82, 2.24) is 0 Å². The molecule has 2 amide bonds. The lowest BCUT2D eigenvalue weighted by molar-refractivity contribution is -0.120. The number of carbonyl (C=O) groups is 2. The van der Waals surface area contributed by atoms with Gasteiger partial charge in [-0.25, -0.2) is 9.29 Å². The molecule has 0 radical (unpaired) electrons. The number of methoxy groups -OCH3 is 1. The van der Waals surface area contributed by atoms with Gasteiger partial charge in [0.2, 0.25) is 0 Å². The molecule has 0 aliphatic carbocycles. The molecule has 1 N–H and O–H groups in total. The summed E-state index contributed by atoms with van der Waals surface area (Å²) in [5, 5.41) is 3.46. The maximum absolute atomic E-state index is 13.6. The molecule has 0 unspecified atom stereocenters. The first-order chi connectivity index (χ1) is 15.8. The smallest absolute Gasteiger partial charge is 0.282 e.